The average Bonchev–Trinajstić information content (AvgIpc) is 2.54. The Morgan fingerprint density at radius 1 is 1.00 bits per heavy atom. The minimum atomic E-state index is -3.72. The van der Waals surface area contributed by atoms with E-state index < -0.39 is 10.0 Å². The Morgan fingerprint density at radius 2 is 1.52 bits per heavy atom. The SMILES string of the molecule is COc1cc(OC)c(S(=O)(=O)N2CCOCC2)c(OC)c1. The molecule has 0 spiro atoms. The van der Waals surface area contributed by atoms with Gasteiger partial charge in [0.2, 0.25) is 0 Å². The lowest BCUT2D eigenvalue weighted by atomic mass is 10.3. The minimum Gasteiger partial charge on any atom is -0.496 e. The van der Waals surface area contributed by atoms with Gasteiger partial charge in [-0.3, -0.25) is 0 Å². The molecule has 1 saturated heterocycles. The van der Waals surface area contributed by atoms with E-state index >= 15 is 0 Å². The molecule has 21 heavy (non-hydrogen) atoms. The van der Waals surface area contributed by atoms with Crippen molar-refractivity contribution in [3.8, 4) is 17.2 Å². The van der Waals surface area contributed by atoms with Gasteiger partial charge in [0.1, 0.15) is 17.2 Å². The smallest absolute Gasteiger partial charge is 0.250 e. The molecule has 1 aromatic carbocycles. The van der Waals surface area contributed by atoms with Crippen LogP contribution in [0.1, 0.15) is 0 Å². The van der Waals surface area contributed by atoms with Crippen molar-refractivity contribution in [2.45, 2.75) is 4.90 Å². The summed E-state index contributed by atoms with van der Waals surface area (Å²) in [5.41, 5.74) is 0. The molecular weight excluding hydrogens is 298 g/mol. The van der Waals surface area contributed by atoms with Crippen molar-refractivity contribution >= 4 is 10.0 Å². The largest absolute Gasteiger partial charge is 0.496 e. The first kappa shape index (κ1) is 15.9. The molecule has 0 radical (unpaired) electrons. The molecule has 0 atom stereocenters. The average molecular weight is 317 g/mol. The topological polar surface area (TPSA) is 74.3 Å². The van der Waals surface area contributed by atoms with Gasteiger partial charge in [-0.2, -0.15) is 4.31 Å². The van der Waals surface area contributed by atoms with E-state index in [0.29, 0.717) is 32.1 Å². The van der Waals surface area contributed by atoms with Crippen molar-refractivity contribution in [3.05, 3.63) is 12.1 Å². The molecule has 118 valence electrons. The number of methoxy groups -OCH3 is 3. The molecule has 0 amide bonds. The van der Waals surface area contributed by atoms with Gasteiger partial charge in [-0.25, -0.2) is 8.42 Å². The fourth-order valence-corrected chi connectivity index (χ4v) is 3.82. The highest BCUT2D eigenvalue weighted by molar-refractivity contribution is 7.89. The maximum atomic E-state index is 12.8. The number of benzene rings is 1. The molecule has 0 aromatic heterocycles. The second-order valence-electron chi connectivity index (χ2n) is 4.38. The Balaban J connectivity index is 2.55. The maximum absolute atomic E-state index is 12.8. The van der Waals surface area contributed by atoms with E-state index in [0.717, 1.165) is 0 Å². The van der Waals surface area contributed by atoms with E-state index in [9.17, 15) is 8.42 Å². The fourth-order valence-electron chi connectivity index (χ4n) is 2.14. The maximum Gasteiger partial charge on any atom is 0.250 e. The number of hydrogen-bond acceptors (Lipinski definition) is 6. The van der Waals surface area contributed by atoms with Crippen LogP contribution in [-0.2, 0) is 14.8 Å². The summed E-state index contributed by atoms with van der Waals surface area (Å²) in [6.07, 6.45) is 0. The van der Waals surface area contributed by atoms with Crippen LogP contribution in [-0.4, -0.2) is 60.4 Å². The fraction of sp³-hybridized carbons (Fsp3) is 0.538. The van der Waals surface area contributed by atoms with E-state index in [1.165, 1.54) is 37.8 Å². The Hall–Kier alpha value is -1.51. The van der Waals surface area contributed by atoms with Crippen LogP contribution in [0.3, 0.4) is 0 Å². The highest BCUT2D eigenvalue weighted by Crippen LogP contribution is 2.39. The monoisotopic (exact) mass is 317 g/mol. The van der Waals surface area contributed by atoms with Crippen molar-refractivity contribution in [2.75, 3.05) is 47.6 Å². The van der Waals surface area contributed by atoms with Gasteiger partial charge in [0.15, 0.2) is 4.90 Å². The third-order valence-electron chi connectivity index (χ3n) is 3.24. The molecule has 7 nitrogen and oxygen atoms in total. The first-order chi connectivity index (χ1) is 10.0. The number of ether oxygens (including phenoxy) is 4. The van der Waals surface area contributed by atoms with E-state index in [1.54, 1.807) is 0 Å². The predicted octanol–water partition coefficient (Wildman–Crippen LogP) is 0.733. The molecule has 1 aliphatic heterocycles. The zero-order valence-corrected chi connectivity index (χ0v) is 13.1. The molecule has 1 fully saturated rings. The van der Waals surface area contributed by atoms with Gasteiger partial charge in [-0.15, -0.1) is 0 Å². The third kappa shape index (κ3) is 3.07. The standard InChI is InChI=1S/C13H19NO6S/c1-17-10-8-11(18-2)13(12(9-10)19-3)21(15,16)14-4-6-20-7-5-14/h8-9H,4-7H2,1-3H3. The van der Waals surface area contributed by atoms with Gasteiger partial charge in [-0.05, 0) is 0 Å². The first-order valence-electron chi connectivity index (χ1n) is 6.42. The number of sulfonamides is 1. The molecule has 1 aliphatic rings. The minimum absolute atomic E-state index is 0.00944. The van der Waals surface area contributed by atoms with Crippen molar-refractivity contribution in [2.24, 2.45) is 0 Å². The predicted molar refractivity (Wildman–Crippen MR) is 75.7 cm³/mol. The van der Waals surface area contributed by atoms with Gasteiger partial charge in [-0.1, -0.05) is 0 Å². The summed E-state index contributed by atoms with van der Waals surface area (Å²) in [5.74, 6) is 0.847. The summed E-state index contributed by atoms with van der Waals surface area (Å²) in [6, 6.07) is 3.05. The van der Waals surface area contributed by atoms with E-state index in [1.807, 2.05) is 0 Å². The van der Waals surface area contributed by atoms with Crippen LogP contribution < -0.4 is 14.2 Å². The van der Waals surface area contributed by atoms with Gasteiger partial charge in [0, 0.05) is 25.2 Å². The summed E-state index contributed by atoms with van der Waals surface area (Å²) >= 11 is 0. The molecule has 2 rings (SSSR count). The normalized spacial score (nSPS) is 16.5. The second kappa shape index (κ2) is 6.50. The molecule has 8 heteroatoms. The molecule has 0 N–H and O–H groups in total. The molecular formula is C13H19NO6S. The highest BCUT2D eigenvalue weighted by Gasteiger charge is 2.33. The van der Waals surface area contributed by atoms with E-state index in [2.05, 4.69) is 0 Å². The van der Waals surface area contributed by atoms with E-state index in [4.69, 9.17) is 18.9 Å². The summed E-state index contributed by atoms with van der Waals surface area (Å²) in [5, 5.41) is 0. The zero-order chi connectivity index (χ0) is 15.5. The van der Waals surface area contributed by atoms with Crippen LogP contribution in [0.5, 0.6) is 17.2 Å². The Morgan fingerprint density at radius 3 is 1.95 bits per heavy atom. The van der Waals surface area contributed by atoms with Crippen molar-refractivity contribution in [1.82, 2.24) is 4.31 Å². The Labute approximate surface area is 124 Å². The van der Waals surface area contributed by atoms with Gasteiger partial charge in [0.25, 0.3) is 10.0 Å². The second-order valence-corrected chi connectivity index (χ2v) is 6.25. The van der Waals surface area contributed by atoms with Gasteiger partial charge >= 0.3 is 0 Å². The van der Waals surface area contributed by atoms with Crippen LogP contribution in [0.25, 0.3) is 0 Å². The van der Waals surface area contributed by atoms with Crippen molar-refractivity contribution in [1.29, 1.82) is 0 Å². The zero-order valence-electron chi connectivity index (χ0n) is 12.3. The summed E-state index contributed by atoms with van der Waals surface area (Å²) in [7, 11) is 0.584. The summed E-state index contributed by atoms with van der Waals surface area (Å²) in [4.78, 5) is 0.00944. The van der Waals surface area contributed by atoms with Crippen LogP contribution in [0.2, 0.25) is 0 Å². The quantitative estimate of drug-likeness (QED) is 0.797. The van der Waals surface area contributed by atoms with Crippen LogP contribution in [0, 0.1) is 0 Å². The number of rotatable bonds is 5. The van der Waals surface area contributed by atoms with E-state index in [-0.39, 0.29) is 16.4 Å². The van der Waals surface area contributed by atoms with Crippen molar-refractivity contribution < 1.29 is 27.4 Å². The lowest BCUT2D eigenvalue weighted by Gasteiger charge is -2.27. The van der Waals surface area contributed by atoms with Crippen LogP contribution >= 0.6 is 0 Å². The number of morpholine rings is 1. The molecule has 0 aliphatic carbocycles. The van der Waals surface area contributed by atoms with Crippen LogP contribution in [0.15, 0.2) is 17.0 Å². The lowest BCUT2D eigenvalue weighted by molar-refractivity contribution is 0.0729. The Kier molecular flexibility index (Phi) is 4.92. The molecule has 1 heterocycles. The molecule has 0 bridgehead atoms. The molecule has 0 unspecified atom stereocenters. The lowest BCUT2D eigenvalue weighted by Crippen LogP contribution is -2.40. The Bertz CT molecular complexity index is 570. The number of hydrogen-bond donors (Lipinski definition) is 0. The van der Waals surface area contributed by atoms with Gasteiger partial charge < -0.3 is 18.9 Å². The number of nitrogens with zero attached hydrogens (tertiary/aromatic N) is 1. The van der Waals surface area contributed by atoms with Crippen LogP contribution in [0.4, 0.5) is 0 Å². The summed E-state index contributed by atoms with van der Waals surface area (Å²) in [6.45, 7) is 1.36. The highest BCUT2D eigenvalue weighted by atomic mass is 32.2. The summed E-state index contributed by atoms with van der Waals surface area (Å²) < 4.78 is 47.7. The van der Waals surface area contributed by atoms with Gasteiger partial charge in [0.05, 0.1) is 34.5 Å². The van der Waals surface area contributed by atoms with Crippen molar-refractivity contribution in [3.63, 3.8) is 0 Å². The third-order valence-corrected chi connectivity index (χ3v) is 5.20. The molecule has 1 aromatic rings. The molecule has 0 saturated carbocycles. The first-order valence-corrected chi connectivity index (χ1v) is 7.86.